The molecule has 0 saturated carbocycles. The van der Waals surface area contributed by atoms with Gasteiger partial charge in [0.15, 0.2) is 0 Å². The molecule has 0 aliphatic rings. The summed E-state index contributed by atoms with van der Waals surface area (Å²) in [5.41, 5.74) is 9.91. The number of rotatable bonds is 3. The maximum atomic E-state index is 6.15. The first-order valence-electron chi connectivity index (χ1n) is 6.73. The first-order valence-corrected chi connectivity index (χ1v) is 6.73. The van der Waals surface area contributed by atoms with Crippen LogP contribution in [0.1, 0.15) is 28.6 Å². The average Bonchev–Trinajstić information content (AvgIpc) is 2.97. The van der Waals surface area contributed by atoms with Crippen molar-refractivity contribution in [3.05, 3.63) is 65.2 Å². The molecule has 5 heteroatoms. The molecule has 0 radical (unpaired) electrons. The van der Waals surface area contributed by atoms with Gasteiger partial charge in [0, 0.05) is 6.20 Å². The normalized spacial score (nSPS) is 12.3. The highest BCUT2D eigenvalue weighted by Crippen LogP contribution is 2.22. The molecule has 0 amide bonds. The summed E-state index contributed by atoms with van der Waals surface area (Å²) in [5, 5.41) is 3.99. The molecule has 1 atom stereocenters. The number of aromatic nitrogens is 3. The fraction of sp³-hybridized carbons (Fsp3) is 0.188. The van der Waals surface area contributed by atoms with E-state index >= 15 is 0 Å². The smallest absolute Gasteiger partial charge is 0.248 e. The van der Waals surface area contributed by atoms with E-state index in [9.17, 15) is 0 Å². The fourth-order valence-electron chi connectivity index (χ4n) is 2.21. The molecule has 2 heterocycles. The quantitative estimate of drug-likeness (QED) is 0.798. The third-order valence-electron chi connectivity index (χ3n) is 3.29. The summed E-state index contributed by atoms with van der Waals surface area (Å²) in [5.74, 6) is 0.854. The SMILES string of the molecule is Cc1cnc(-c2noc([C@@H](N)c3ccccc3)n2)c(C)c1. The monoisotopic (exact) mass is 280 g/mol. The van der Waals surface area contributed by atoms with Crippen LogP contribution in [-0.4, -0.2) is 15.1 Å². The maximum absolute atomic E-state index is 6.15. The van der Waals surface area contributed by atoms with Gasteiger partial charge < -0.3 is 10.3 Å². The molecule has 3 rings (SSSR count). The predicted molar refractivity (Wildman–Crippen MR) is 79.5 cm³/mol. The summed E-state index contributed by atoms with van der Waals surface area (Å²) in [7, 11) is 0. The van der Waals surface area contributed by atoms with Crippen molar-refractivity contribution in [1.29, 1.82) is 0 Å². The van der Waals surface area contributed by atoms with E-state index in [0.717, 1.165) is 22.4 Å². The maximum Gasteiger partial charge on any atom is 0.248 e. The number of benzene rings is 1. The second kappa shape index (κ2) is 5.46. The van der Waals surface area contributed by atoms with Gasteiger partial charge in [-0.05, 0) is 30.5 Å². The van der Waals surface area contributed by atoms with Crippen molar-refractivity contribution >= 4 is 0 Å². The van der Waals surface area contributed by atoms with E-state index in [0.29, 0.717) is 11.7 Å². The van der Waals surface area contributed by atoms with Crippen LogP contribution in [-0.2, 0) is 0 Å². The lowest BCUT2D eigenvalue weighted by molar-refractivity contribution is 0.367. The summed E-state index contributed by atoms with van der Waals surface area (Å²) in [6.07, 6.45) is 1.79. The van der Waals surface area contributed by atoms with Crippen molar-refractivity contribution in [2.75, 3.05) is 0 Å². The molecule has 1 aromatic carbocycles. The highest BCUT2D eigenvalue weighted by Gasteiger charge is 2.18. The van der Waals surface area contributed by atoms with E-state index in [1.807, 2.05) is 50.2 Å². The van der Waals surface area contributed by atoms with Crippen LogP contribution in [0, 0.1) is 13.8 Å². The van der Waals surface area contributed by atoms with Crippen LogP contribution < -0.4 is 5.73 Å². The Morgan fingerprint density at radius 2 is 1.90 bits per heavy atom. The zero-order chi connectivity index (χ0) is 14.8. The second-order valence-corrected chi connectivity index (χ2v) is 5.02. The van der Waals surface area contributed by atoms with Crippen molar-refractivity contribution in [3.63, 3.8) is 0 Å². The Bertz CT molecular complexity index is 752. The molecule has 0 fully saturated rings. The zero-order valence-electron chi connectivity index (χ0n) is 11.9. The van der Waals surface area contributed by atoms with Gasteiger partial charge in [-0.1, -0.05) is 41.6 Å². The second-order valence-electron chi connectivity index (χ2n) is 5.02. The van der Waals surface area contributed by atoms with E-state index in [-0.39, 0.29) is 0 Å². The van der Waals surface area contributed by atoms with Gasteiger partial charge in [0.2, 0.25) is 11.7 Å². The van der Waals surface area contributed by atoms with E-state index in [1.54, 1.807) is 6.20 Å². The Balaban J connectivity index is 1.93. The molecule has 0 spiro atoms. The molecule has 106 valence electrons. The summed E-state index contributed by atoms with van der Waals surface area (Å²) in [6.45, 7) is 3.97. The summed E-state index contributed by atoms with van der Waals surface area (Å²) >= 11 is 0. The van der Waals surface area contributed by atoms with Gasteiger partial charge in [0.1, 0.15) is 11.7 Å². The van der Waals surface area contributed by atoms with Crippen LogP contribution in [0.5, 0.6) is 0 Å². The molecule has 0 bridgehead atoms. The van der Waals surface area contributed by atoms with Crippen LogP contribution in [0.3, 0.4) is 0 Å². The first kappa shape index (κ1) is 13.5. The number of nitrogens with two attached hydrogens (primary N) is 1. The number of hydrogen-bond donors (Lipinski definition) is 1. The number of pyridine rings is 1. The molecular weight excluding hydrogens is 264 g/mol. The molecule has 0 unspecified atom stereocenters. The third-order valence-corrected chi connectivity index (χ3v) is 3.29. The van der Waals surface area contributed by atoms with Gasteiger partial charge in [-0.25, -0.2) is 0 Å². The molecule has 5 nitrogen and oxygen atoms in total. The fourth-order valence-corrected chi connectivity index (χ4v) is 2.21. The lowest BCUT2D eigenvalue weighted by atomic mass is 10.1. The van der Waals surface area contributed by atoms with Crippen molar-refractivity contribution in [3.8, 4) is 11.5 Å². The largest absolute Gasteiger partial charge is 0.337 e. The van der Waals surface area contributed by atoms with Gasteiger partial charge in [-0.2, -0.15) is 4.98 Å². The topological polar surface area (TPSA) is 77.8 Å². The minimum Gasteiger partial charge on any atom is -0.337 e. The molecule has 0 aliphatic carbocycles. The van der Waals surface area contributed by atoms with Gasteiger partial charge >= 0.3 is 0 Å². The first-order chi connectivity index (χ1) is 10.1. The number of hydrogen-bond acceptors (Lipinski definition) is 5. The van der Waals surface area contributed by atoms with Crippen molar-refractivity contribution < 1.29 is 4.52 Å². The van der Waals surface area contributed by atoms with E-state index in [4.69, 9.17) is 10.3 Å². The average molecular weight is 280 g/mol. The molecule has 3 aromatic rings. The number of aryl methyl sites for hydroxylation is 2. The summed E-state index contributed by atoms with van der Waals surface area (Å²) in [4.78, 5) is 8.75. The Morgan fingerprint density at radius 1 is 1.14 bits per heavy atom. The minimum absolute atomic E-state index is 0.387. The van der Waals surface area contributed by atoms with E-state index in [1.165, 1.54) is 0 Å². The van der Waals surface area contributed by atoms with Crippen LogP contribution in [0.25, 0.3) is 11.5 Å². The molecule has 0 aliphatic heterocycles. The summed E-state index contributed by atoms with van der Waals surface area (Å²) in [6, 6.07) is 11.3. The van der Waals surface area contributed by atoms with Crippen molar-refractivity contribution in [2.24, 2.45) is 5.73 Å². The standard InChI is InChI=1S/C16H16N4O/c1-10-8-11(2)14(18-9-10)15-19-16(21-20-15)13(17)12-6-4-3-5-7-12/h3-9,13H,17H2,1-2H3/t13-/m0/s1. The molecule has 2 aromatic heterocycles. The number of nitrogens with zero attached hydrogens (tertiary/aromatic N) is 3. The van der Waals surface area contributed by atoms with Crippen molar-refractivity contribution in [2.45, 2.75) is 19.9 Å². The highest BCUT2D eigenvalue weighted by molar-refractivity contribution is 5.54. The minimum atomic E-state index is -0.432. The Labute approximate surface area is 122 Å². The Kier molecular flexibility index (Phi) is 3.50. The van der Waals surface area contributed by atoms with E-state index < -0.39 is 6.04 Å². The third kappa shape index (κ3) is 2.68. The van der Waals surface area contributed by atoms with E-state index in [2.05, 4.69) is 15.1 Å². The van der Waals surface area contributed by atoms with Gasteiger partial charge in [-0.3, -0.25) is 4.98 Å². The van der Waals surface area contributed by atoms with Gasteiger partial charge in [0.25, 0.3) is 0 Å². The predicted octanol–water partition coefficient (Wildman–Crippen LogP) is 2.80. The van der Waals surface area contributed by atoms with Crippen molar-refractivity contribution in [1.82, 2.24) is 15.1 Å². The lowest BCUT2D eigenvalue weighted by Gasteiger charge is -2.05. The molecule has 0 saturated heterocycles. The molecular formula is C16H16N4O. The highest BCUT2D eigenvalue weighted by atomic mass is 16.5. The Morgan fingerprint density at radius 3 is 2.62 bits per heavy atom. The van der Waals surface area contributed by atoms with Crippen LogP contribution >= 0.6 is 0 Å². The van der Waals surface area contributed by atoms with Crippen LogP contribution in [0.4, 0.5) is 0 Å². The van der Waals surface area contributed by atoms with Gasteiger partial charge in [-0.15, -0.1) is 0 Å². The zero-order valence-corrected chi connectivity index (χ0v) is 11.9. The molecule has 2 N–H and O–H groups in total. The Hall–Kier alpha value is -2.53. The van der Waals surface area contributed by atoms with Gasteiger partial charge in [0.05, 0.1) is 0 Å². The lowest BCUT2D eigenvalue weighted by Crippen LogP contribution is -2.12. The summed E-state index contributed by atoms with van der Waals surface area (Å²) < 4.78 is 5.29. The van der Waals surface area contributed by atoms with Crippen LogP contribution in [0.2, 0.25) is 0 Å². The van der Waals surface area contributed by atoms with Crippen LogP contribution in [0.15, 0.2) is 47.1 Å². The molecule has 21 heavy (non-hydrogen) atoms.